The standard InChI is InChI=1S/C3H8O4/c4-1-3(5)2-7-6/h3-6H,1-2H2/t3-/m0/s1. The van der Waals surface area contributed by atoms with Crippen LogP contribution in [0.3, 0.4) is 0 Å². The van der Waals surface area contributed by atoms with E-state index in [4.69, 9.17) is 15.5 Å². The molecule has 0 saturated heterocycles. The molecule has 7 heavy (non-hydrogen) atoms. The van der Waals surface area contributed by atoms with Crippen molar-refractivity contribution < 1.29 is 20.4 Å². The fraction of sp³-hybridized carbons (Fsp3) is 1.00. The molecule has 0 aliphatic carbocycles. The lowest BCUT2D eigenvalue weighted by molar-refractivity contribution is -0.258. The smallest absolute Gasteiger partial charge is 0.110 e. The van der Waals surface area contributed by atoms with Crippen molar-refractivity contribution in [1.82, 2.24) is 0 Å². The molecule has 0 fully saturated rings. The van der Waals surface area contributed by atoms with Crippen LogP contribution in [0.2, 0.25) is 0 Å². The van der Waals surface area contributed by atoms with Crippen molar-refractivity contribution in [3.8, 4) is 0 Å². The maximum Gasteiger partial charge on any atom is 0.110 e. The van der Waals surface area contributed by atoms with E-state index in [1.54, 1.807) is 0 Å². The Bertz CT molecular complexity index is 37.9. The van der Waals surface area contributed by atoms with Crippen LogP contribution >= 0.6 is 0 Å². The van der Waals surface area contributed by atoms with Crippen molar-refractivity contribution in [1.29, 1.82) is 0 Å². The summed E-state index contributed by atoms with van der Waals surface area (Å²) in [5.41, 5.74) is 0. The van der Waals surface area contributed by atoms with Gasteiger partial charge in [0.15, 0.2) is 0 Å². The van der Waals surface area contributed by atoms with Crippen molar-refractivity contribution in [3.63, 3.8) is 0 Å². The molecule has 4 heteroatoms. The van der Waals surface area contributed by atoms with E-state index < -0.39 is 6.10 Å². The van der Waals surface area contributed by atoms with Crippen LogP contribution in [-0.4, -0.2) is 34.8 Å². The van der Waals surface area contributed by atoms with E-state index in [9.17, 15) is 0 Å². The molecule has 0 unspecified atom stereocenters. The normalized spacial score (nSPS) is 14.1. The molecule has 0 radical (unpaired) electrons. The van der Waals surface area contributed by atoms with E-state index >= 15 is 0 Å². The van der Waals surface area contributed by atoms with E-state index in [1.807, 2.05) is 0 Å². The third-order valence-electron chi connectivity index (χ3n) is 0.478. The molecule has 0 aliphatic heterocycles. The lowest BCUT2D eigenvalue weighted by atomic mass is 10.4. The third-order valence-corrected chi connectivity index (χ3v) is 0.478. The fourth-order valence-corrected chi connectivity index (χ4v) is 0.139. The van der Waals surface area contributed by atoms with E-state index in [0.717, 1.165) is 0 Å². The minimum Gasteiger partial charge on any atom is -0.394 e. The lowest BCUT2D eigenvalue weighted by Crippen LogP contribution is -2.17. The summed E-state index contributed by atoms with van der Waals surface area (Å²) in [6.07, 6.45) is -0.968. The van der Waals surface area contributed by atoms with Gasteiger partial charge >= 0.3 is 0 Å². The van der Waals surface area contributed by atoms with Crippen molar-refractivity contribution in [2.75, 3.05) is 13.2 Å². The van der Waals surface area contributed by atoms with Gasteiger partial charge < -0.3 is 10.2 Å². The number of hydrogen-bond acceptors (Lipinski definition) is 4. The summed E-state index contributed by atoms with van der Waals surface area (Å²) >= 11 is 0. The average molecular weight is 108 g/mol. The first-order valence-electron chi connectivity index (χ1n) is 1.86. The van der Waals surface area contributed by atoms with Gasteiger partial charge in [0.05, 0.1) is 6.61 Å². The second-order valence-corrected chi connectivity index (χ2v) is 1.13. The van der Waals surface area contributed by atoms with Crippen molar-refractivity contribution in [2.24, 2.45) is 0 Å². The number of rotatable bonds is 3. The van der Waals surface area contributed by atoms with Gasteiger partial charge in [0, 0.05) is 0 Å². The van der Waals surface area contributed by atoms with Crippen molar-refractivity contribution in [2.45, 2.75) is 6.10 Å². The van der Waals surface area contributed by atoms with Gasteiger partial charge in [0.25, 0.3) is 0 Å². The van der Waals surface area contributed by atoms with E-state index in [-0.39, 0.29) is 13.2 Å². The summed E-state index contributed by atoms with van der Waals surface area (Å²) in [5.74, 6) is 0. The molecule has 0 aromatic rings. The Balaban J connectivity index is 2.83. The van der Waals surface area contributed by atoms with Gasteiger partial charge in [0.1, 0.15) is 12.7 Å². The molecule has 4 nitrogen and oxygen atoms in total. The van der Waals surface area contributed by atoms with Gasteiger partial charge in [-0.25, -0.2) is 4.89 Å². The highest BCUT2D eigenvalue weighted by Gasteiger charge is 1.98. The zero-order valence-corrected chi connectivity index (χ0v) is 3.74. The SMILES string of the molecule is OC[C@H](O)COO. The summed E-state index contributed by atoms with van der Waals surface area (Å²) in [6.45, 7) is -0.628. The van der Waals surface area contributed by atoms with E-state index in [0.29, 0.717) is 0 Å². The zero-order chi connectivity index (χ0) is 5.70. The van der Waals surface area contributed by atoms with Crippen LogP contribution in [0.4, 0.5) is 0 Å². The van der Waals surface area contributed by atoms with E-state index in [2.05, 4.69) is 4.89 Å². The summed E-state index contributed by atoms with van der Waals surface area (Å²) in [6, 6.07) is 0. The van der Waals surface area contributed by atoms with Crippen LogP contribution < -0.4 is 0 Å². The third kappa shape index (κ3) is 3.68. The molecular formula is C3H8O4. The average Bonchev–Trinajstić information content (AvgIpc) is 1.68. The Morgan fingerprint density at radius 1 is 1.57 bits per heavy atom. The van der Waals surface area contributed by atoms with Crippen LogP contribution in [-0.2, 0) is 4.89 Å². The molecule has 1 atom stereocenters. The maximum atomic E-state index is 8.32. The monoisotopic (exact) mass is 108 g/mol. The van der Waals surface area contributed by atoms with Gasteiger partial charge in [-0.2, -0.15) is 0 Å². The quantitative estimate of drug-likeness (QED) is 0.314. The highest BCUT2D eigenvalue weighted by Crippen LogP contribution is 1.77. The second-order valence-electron chi connectivity index (χ2n) is 1.13. The van der Waals surface area contributed by atoms with Crippen molar-refractivity contribution >= 4 is 0 Å². The molecule has 0 bridgehead atoms. The zero-order valence-electron chi connectivity index (χ0n) is 3.74. The number of hydrogen-bond donors (Lipinski definition) is 3. The first kappa shape index (κ1) is 6.84. The molecule has 44 valence electrons. The van der Waals surface area contributed by atoms with Gasteiger partial charge in [0.2, 0.25) is 0 Å². The Kier molecular flexibility index (Phi) is 3.92. The Hall–Kier alpha value is -0.160. The van der Waals surface area contributed by atoms with Crippen LogP contribution in [0.25, 0.3) is 0 Å². The Labute approximate surface area is 40.9 Å². The first-order chi connectivity index (χ1) is 3.31. The molecule has 0 spiro atoms. The Morgan fingerprint density at radius 3 is 2.29 bits per heavy atom. The summed E-state index contributed by atoms with van der Waals surface area (Å²) in [4.78, 5) is 3.48. The highest BCUT2D eigenvalue weighted by molar-refractivity contribution is 4.45. The minimum absolute atomic E-state index is 0.240. The van der Waals surface area contributed by atoms with Gasteiger partial charge in [-0.1, -0.05) is 0 Å². The summed E-state index contributed by atoms with van der Waals surface area (Å²) in [5, 5.41) is 23.9. The second kappa shape index (κ2) is 4.01. The topological polar surface area (TPSA) is 69.9 Å². The van der Waals surface area contributed by atoms with Crippen LogP contribution in [0.5, 0.6) is 0 Å². The van der Waals surface area contributed by atoms with Gasteiger partial charge in [-0.15, -0.1) is 0 Å². The minimum atomic E-state index is -0.968. The van der Waals surface area contributed by atoms with Gasteiger partial charge in [-0.3, -0.25) is 5.26 Å². The first-order valence-corrected chi connectivity index (χ1v) is 1.86. The van der Waals surface area contributed by atoms with Gasteiger partial charge in [-0.05, 0) is 0 Å². The molecule has 0 aromatic carbocycles. The predicted octanol–water partition coefficient (Wildman–Crippen LogP) is -1.17. The summed E-state index contributed by atoms with van der Waals surface area (Å²) in [7, 11) is 0. The van der Waals surface area contributed by atoms with E-state index in [1.165, 1.54) is 0 Å². The maximum absolute atomic E-state index is 8.32. The molecule has 0 rings (SSSR count). The highest BCUT2D eigenvalue weighted by atomic mass is 17.1. The molecule has 0 aliphatic rings. The molecule has 0 aromatic heterocycles. The Morgan fingerprint density at radius 2 is 2.14 bits per heavy atom. The largest absolute Gasteiger partial charge is 0.394 e. The van der Waals surface area contributed by atoms with Crippen LogP contribution in [0.1, 0.15) is 0 Å². The van der Waals surface area contributed by atoms with Crippen LogP contribution in [0.15, 0.2) is 0 Å². The lowest BCUT2D eigenvalue weighted by Gasteiger charge is -2.00. The fourth-order valence-electron chi connectivity index (χ4n) is 0.139. The molecular weight excluding hydrogens is 100 g/mol. The molecule has 0 saturated carbocycles. The number of aliphatic hydroxyl groups excluding tert-OH is 2. The predicted molar refractivity (Wildman–Crippen MR) is 21.7 cm³/mol. The summed E-state index contributed by atoms with van der Waals surface area (Å²) < 4.78 is 0. The van der Waals surface area contributed by atoms with Crippen LogP contribution in [0, 0.1) is 0 Å². The van der Waals surface area contributed by atoms with Crippen molar-refractivity contribution in [3.05, 3.63) is 0 Å². The molecule has 0 heterocycles. The molecule has 0 amide bonds. The number of aliphatic hydroxyl groups is 2. The molecule has 3 N–H and O–H groups in total.